The summed E-state index contributed by atoms with van der Waals surface area (Å²) in [5, 5.41) is 3.08. The first-order chi connectivity index (χ1) is 12.2. The van der Waals surface area contributed by atoms with E-state index < -0.39 is 5.41 Å². The van der Waals surface area contributed by atoms with E-state index in [1.165, 1.54) is 0 Å². The van der Waals surface area contributed by atoms with Crippen molar-refractivity contribution in [1.82, 2.24) is 9.97 Å². The van der Waals surface area contributed by atoms with Crippen LogP contribution in [0.2, 0.25) is 0 Å². The molecule has 2 N–H and O–H groups in total. The van der Waals surface area contributed by atoms with Crippen molar-refractivity contribution in [3.8, 4) is 0 Å². The third kappa shape index (κ3) is 2.64. The van der Waals surface area contributed by atoms with Crippen molar-refractivity contribution < 1.29 is 4.79 Å². The van der Waals surface area contributed by atoms with Crippen LogP contribution in [0.3, 0.4) is 0 Å². The topological polar surface area (TPSA) is 57.8 Å². The van der Waals surface area contributed by atoms with Gasteiger partial charge in [0.15, 0.2) is 0 Å². The summed E-state index contributed by atoms with van der Waals surface area (Å²) in [5.74, 6) is 0.998. The molecule has 0 saturated carbocycles. The molecular weight excluding hydrogens is 310 g/mol. The lowest BCUT2D eigenvalue weighted by Gasteiger charge is -2.28. The van der Waals surface area contributed by atoms with Gasteiger partial charge in [-0.1, -0.05) is 48.5 Å². The van der Waals surface area contributed by atoms with Gasteiger partial charge in [-0.3, -0.25) is 4.79 Å². The van der Waals surface area contributed by atoms with Crippen LogP contribution in [0.15, 0.2) is 60.8 Å². The number of aromatic nitrogens is 2. The van der Waals surface area contributed by atoms with E-state index in [2.05, 4.69) is 33.5 Å². The highest BCUT2D eigenvalue weighted by molar-refractivity contribution is 6.08. The van der Waals surface area contributed by atoms with E-state index in [0.29, 0.717) is 0 Å². The molecule has 1 atom stereocenters. The quantitative estimate of drug-likeness (QED) is 0.743. The first-order valence-electron chi connectivity index (χ1n) is 8.67. The number of aryl methyl sites for hydroxylation is 2. The van der Waals surface area contributed by atoms with Gasteiger partial charge >= 0.3 is 0 Å². The fourth-order valence-corrected chi connectivity index (χ4v) is 3.86. The Morgan fingerprint density at radius 1 is 1.04 bits per heavy atom. The van der Waals surface area contributed by atoms with Crippen LogP contribution in [0.5, 0.6) is 0 Å². The molecular formula is C21H21N3O. The molecule has 3 aromatic rings. The van der Waals surface area contributed by atoms with Crippen molar-refractivity contribution in [2.45, 2.75) is 31.6 Å². The number of carbonyl (C=O) groups excluding carboxylic acids is 1. The van der Waals surface area contributed by atoms with Gasteiger partial charge in [0.25, 0.3) is 0 Å². The van der Waals surface area contributed by atoms with Crippen LogP contribution in [0.4, 0.5) is 5.69 Å². The van der Waals surface area contributed by atoms with E-state index in [-0.39, 0.29) is 5.91 Å². The van der Waals surface area contributed by atoms with E-state index in [0.717, 1.165) is 47.6 Å². The molecule has 1 unspecified atom stereocenters. The Hall–Kier alpha value is -2.88. The van der Waals surface area contributed by atoms with Gasteiger partial charge in [0.05, 0.1) is 0 Å². The highest BCUT2D eigenvalue weighted by Gasteiger charge is 2.47. The van der Waals surface area contributed by atoms with Gasteiger partial charge in [-0.15, -0.1) is 0 Å². The number of carbonyl (C=O) groups is 1. The van der Waals surface area contributed by atoms with Crippen molar-refractivity contribution >= 4 is 11.6 Å². The monoisotopic (exact) mass is 331 g/mol. The van der Waals surface area contributed by atoms with Crippen LogP contribution in [0.25, 0.3) is 0 Å². The maximum absolute atomic E-state index is 13.1. The van der Waals surface area contributed by atoms with Crippen molar-refractivity contribution in [2.24, 2.45) is 0 Å². The molecule has 1 aromatic heterocycles. The molecule has 2 heterocycles. The average Bonchev–Trinajstić information content (AvgIpc) is 3.17. The SMILES string of the molecule is Cc1ncc(CCCC2(c3ccccc3)C(=O)Nc3ccccc32)[nH]1. The van der Waals surface area contributed by atoms with Gasteiger partial charge in [0.1, 0.15) is 11.2 Å². The van der Waals surface area contributed by atoms with Gasteiger partial charge < -0.3 is 10.3 Å². The number of nitrogens with zero attached hydrogens (tertiary/aromatic N) is 1. The van der Waals surface area contributed by atoms with Crippen molar-refractivity contribution in [1.29, 1.82) is 0 Å². The molecule has 1 amide bonds. The molecule has 4 rings (SSSR count). The Morgan fingerprint density at radius 2 is 1.80 bits per heavy atom. The fourth-order valence-electron chi connectivity index (χ4n) is 3.86. The second-order valence-electron chi connectivity index (χ2n) is 6.62. The van der Waals surface area contributed by atoms with Crippen LogP contribution < -0.4 is 5.32 Å². The van der Waals surface area contributed by atoms with Crippen molar-refractivity contribution in [3.63, 3.8) is 0 Å². The van der Waals surface area contributed by atoms with E-state index in [1.54, 1.807) is 0 Å². The number of benzene rings is 2. The average molecular weight is 331 g/mol. The van der Waals surface area contributed by atoms with Crippen LogP contribution in [0.1, 0.15) is 35.5 Å². The highest BCUT2D eigenvalue weighted by Crippen LogP contribution is 2.45. The number of hydrogen-bond acceptors (Lipinski definition) is 2. The number of aromatic amines is 1. The molecule has 1 aliphatic heterocycles. The zero-order chi connectivity index (χ0) is 17.3. The molecule has 0 saturated heterocycles. The Balaban J connectivity index is 1.69. The van der Waals surface area contributed by atoms with Gasteiger partial charge in [-0.05, 0) is 43.4 Å². The minimum atomic E-state index is -0.618. The number of para-hydroxylation sites is 1. The molecule has 0 bridgehead atoms. The van der Waals surface area contributed by atoms with Crippen LogP contribution in [0, 0.1) is 6.92 Å². The molecule has 0 radical (unpaired) electrons. The standard InChI is InChI=1S/C21H21N3O/c1-15-22-14-17(23-15)10-7-13-21(16-8-3-2-4-9-16)18-11-5-6-12-19(18)24-20(21)25/h2-6,8-9,11-12,14H,7,10,13H2,1H3,(H,22,23)(H,24,25). The number of imidazole rings is 1. The summed E-state index contributed by atoms with van der Waals surface area (Å²) in [6.45, 7) is 1.95. The molecule has 1 aliphatic rings. The minimum Gasteiger partial charge on any atom is -0.346 e. The molecule has 0 aliphatic carbocycles. The Bertz CT molecular complexity index is 900. The van der Waals surface area contributed by atoms with Gasteiger partial charge in [-0.2, -0.15) is 0 Å². The predicted octanol–water partition coefficient (Wildman–Crippen LogP) is 3.98. The third-order valence-corrected chi connectivity index (χ3v) is 5.04. The van der Waals surface area contributed by atoms with E-state index in [4.69, 9.17) is 0 Å². The number of hydrogen-bond donors (Lipinski definition) is 2. The highest BCUT2D eigenvalue weighted by atomic mass is 16.2. The summed E-state index contributed by atoms with van der Waals surface area (Å²) in [4.78, 5) is 20.6. The second kappa shape index (κ2) is 6.20. The van der Waals surface area contributed by atoms with E-state index >= 15 is 0 Å². The van der Waals surface area contributed by atoms with Crippen LogP contribution >= 0.6 is 0 Å². The zero-order valence-electron chi connectivity index (χ0n) is 14.3. The van der Waals surface area contributed by atoms with E-state index in [9.17, 15) is 4.79 Å². The number of anilines is 1. The summed E-state index contributed by atoms with van der Waals surface area (Å²) >= 11 is 0. The molecule has 4 nitrogen and oxygen atoms in total. The molecule has 4 heteroatoms. The van der Waals surface area contributed by atoms with Crippen molar-refractivity contribution in [2.75, 3.05) is 5.32 Å². The van der Waals surface area contributed by atoms with Gasteiger partial charge in [0, 0.05) is 17.6 Å². The summed E-state index contributed by atoms with van der Waals surface area (Å²) in [7, 11) is 0. The summed E-state index contributed by atoms with van der Waals surface area (Å²) < 4.78 is 0. The summed E-state index contributed by atoms with van der Waals surface area (Å²) in [6, 6.07) is 18.1. The maximum atomic E-state index is 13.1. The Kier molecular flexibility index (Phi) is 3.88. The fraction of sp³-hybridized carbons (Fsp3) is 0.238. The molecule has 126 valence electrons. The normalized spacial score (nSPS) is 18.8. The molecule has 25 heavy (non-hydrogen) atoms. The maximum Gasteiger partial charge on any atom is 0.239 e. The lowest BCUT2D eigenvalue weighted by atomic mass is 9.72. The van der Waals surface area contributed by atoms with Crippen LogP contribution in [-0.2, 0) is 16.6 Å². The zero-order valence-corrected chi connectivity index (χ0v) is 14.3. The number of amides is 1. The van der Waals surface area contributed by atoms with Crippen LogP contribution in [-0.4, -0.2) is 15.9 Å². The summed E-state index contributed by atoms with van der Waals surface area (Å²) in [5.41, 5.74) is 3.55. The second-order valence-corrected chi connectivity index (χ2v) is 6.62. The first-order valence-corrected chi connectivity index (χ1v) is 8.67. The Morgan fingerprint density at radius 3 is 2.56 bits per heavy atom. The van der Waals surface area contributed by atoms with Gasteiger partial charge in [0.2, 0.25) is 5.91 Å². The number of rotatable bonds is 5. The van der Waals surface area contributed by atoms with E-state index in [1.807, 2.05) is 49.5 Å². The number of nitrogens with one attached hydrogen (secondary N) is 2. The third-order valence-electron chi connectivity index (χ3n) is 5.04. The van der Waals surface area contributed by atoms with Gasteiger partial charge in [-0.25, -0.2) is 4.98 Å². The predicted molar refractivity (Wildman–Crippen MR) is 98.6 cm³/mol. The van der Waals surface area contributed by atoms with Crippen molar-refractivity contribution in [3.05, 3.63) is 83.4 Å². The smallest absolute Gasteiger partial charge is 0.239 e. The summed E-state index contributed by atoms with van der Waals surface area (Å²) in [6.07, 6.45) is 4.42. The largest absolute Gasteiger partial charge is 0.346 e. The lowest BCUT2D eigenvalue weighted by Crippen LogP contribution is -2.35. The minimum absolute atomic E-state index is 0.0701. The molecule has 0 spiro atoms. The molecule has 0 fully saturated rings. The number of fused-ring (bicyclic) bond motifs is 1. The number of H-pyrrole nitrogens is 1. The first kappa shape index (κ1) is 15.6. The lowest BCUT2D eigenvalue weighted by molar-refractivity contribution is -0.119. The molecule has 2 aromatic carbocycles. The Labute approximate surface area is 147 Å².